The molecule has 1 aliphatic carbocycles. The third kappa shape index (κ3) is 3.21. The standard InChI is InChI=1S/C15H15FN2O2S/c1-9(20-11-7-5-10(16)6-8-11)14(19)18-15-17-12-3-2-4-13(12)21-15/h5-9H,2-4H2,1H3,(H,17,18,19)/t9-/m1/s1. The Morgan fingerprint density at radius 2 is 2.14 bits per heavy atom. The summed E-state index contributed by atoms with van der Waals surface area (Å²) in [5.41, 5.74) is 1.10. The molecule has 1 heterocycles. The molecule has 0 radical (unpaired) electrons. The predicted molar refractivity (Wildman–Crippen MR) is 79.3 cm³/mol. The highest BCUT2D eigenvalue weighted by Gasteiger charge is 2.20. The first-order chi connectivity index (χ1) is 10.1. The van der Waals surface area contributed by atoms with Crippen LogP contribution in [0.4, 0.5) is 9.52 Å². The first-order valence-electron chi connectivity index (χ1n) is 6.83. The van der Waals surface area contributed by atoms with E-state index in [1.807, 2.05) is 0 Å². The molecule has 1 atom stereocenters. The number of rotatable bonds is 4. The number of ether oxygens (including phenoxy) is 1. The van der Waals surface area contributed by atoms with Gasteiger partial charge < -0.3 is 4.74 Å². The van der Waals surface area contributed by atoms with Crippen LogP contribution in [0.1, 0.15) is 23.9 Å². The van der Waals surface area contributed by atoms with Crippen LogP contribution in [-0.2, 0) is 17.6 Å². The third-order valence-corrected chi connectivity index (χ3v) is 4.39. The maximum Gasteiger partial charge on any atom is 0.266 e. The summed E-state index contributed by atoms with van der Waals surface area (Å²) in [5.74, 6) is -0.135. The van der Waals surface area contributed by atoms with E-state index in [9.17, 15) is 9.18 Å². The van der Waals surface area contributed by atoms with Crippen LogP contribution in [0.25, 0.3) is 0 Å². The number of thiazole rings is 1. The molecule has 0 saturated carbocycles. The van der Waals surface area contributed by atoms with E-state index in [0.29, 0.717) is 10.9 Å². The number of benzene rings is 1. The molecule has 3 rings (SSSR count). The highest BCUT2D eigenvalue weighted by Crippen LogP contribution is 2.30. The molecule has 0 saturated heterocycles. The maximum atomic E-state index is 12.8. The van der Waals surface area contributed by atoms with Crippen molar-refractivity contribution in [2.45, 2.75) is 32.3 Å². The van der Waals surface area contributed by atoms with Crippen molar-refractivity contribution in [2.24, 2.45) is 0 Å². The van der Waals surface area contributed by atoms with Gasteiger partial charge >= 0.3 is 0 Å². The smallest absolute Gasteiger partial charge is 0.266 e. The number of nitrogens with zero attached hydrogens (tertiary/aromatic N) is 1. The minimum absolute atomic E-state index is 0.258. The monoisotopic (exact) mass is 306 g/mol. The van der Waals surface area contributed by atoms with E-state index < -0.39 is 6.10 Å². The van der Waals surface area contributed by atoms with Crippen molar-refractivity contribution in [1.82, 2.24) is 4.98 Å². The van der Waals surface area contributed by atoms with E-state index in [-0.39, 0.29) is 11.7 Å². The van der Waals surface area contributed by atoms with Gasteiger partial charge in [0.1, 0.15) is 11.6 Å². The fraction of sp³-hybridized carbons (Fsp3) is 0.333. The van der Waals surface area contributed by atoms with Gasteiger partial charge in [0, 0.05) is 4.88 Å². The quantitative estimate of drug-likeness (QED) is 0.944. The summed E-state index contributed by atoms with van der Waals surface area (Å²) in [6, 6.07) is 5.59. The molecule has 1 aromatic carbocycles. The zero-order valence-electron chi connectivity index (χ0n) is 11.6. The lowest BCUT2D eigenvalue weighted by atomic mass is 10.3. The number of halogens is 1. The van der Waals surface area contributed by atoms with Crippen LogP contribution in [0, 0.1) is 5.82 Å². The minimum Gasteiger partial charge on any atom is -0.481 e. The number of fused-ring (bicyclic) bond motifs is 1. The normalized spacial score (nSPS) is 14.6. The molecule has 1 aliphatic rings. The number of nitrogens with one attached hydrogen (secondary N) is 1. The average molecular weight is 306 g/mol. The second-order valence-corrected chi connectivity index (χ2v) is 6.03. The van der Waals surface area contributed by atoms with Crippen LogP contribution in [0.5, 0.6) is 5.75 Å². The number of hydrogen-bond acceptors (Lipinski definition) is 4. The average Bonchev–Trinajstić information content (AvgIpc) is 3.02. The van der Waals surface area contributed by atoms with E-state index in [1.165, 1.54) is 40.5 Å². The van der Waals surface area contributed by atoms with E-state index in [1.54, 1.807) is 6.92 Å². The molecule has 1 N–H and O–H groups in total. The number of amides is 1. The SMILES string of the molecule is C[C@@H](Oc1ccc(F)cc1)C(=O)Nc1nc2c(s1)CCC2. The fourth-order valence-electron chi connectivity index (χ4n) is 2.22. The van der Waals surface area contributed by atoms with Crippen molar-refractivity contribution < 1.29 is 13.9 Å². The van der Waals surface area contributed by atoms with Crippen molar-refractivity contribution in [3.63, 3.8) is 0 Å². The Labute approximate surface area is 126 Å². The molecule has 21 heavy (non-hydrogen) atoms. The lowest BCUT2D eigenvalue weighted by molar-refractivity contribution is -0.122. The van der Waals surface area contributed by atoms with Gasteiger partial charge in [0.15, 0.2) is 11.2 Å². The molecular formula is C15H15FN2O2S. The van der Waals surface area contributed by atoms with E-state index >= 15 is 0 Å². The predicted octanol–water partition coefficient (Wildman–Crippen LogP) is 3.18. The van der Waals surface area contributed by atoms with Crippen LogP contribution >= 0.6 is 11.3 Å². The summed E-state index contributed by atoms with van der Waals surface area (Å²) in [6.07, 6.45) is 2.51. The Balaban J connectivity index is 1.60. The van der Waals surface area contributed by atoms with Crippen LogP contribution in [-0.4, -0.2) is 17.0 Å². The lowest BCUT2D eigenvalue weighted by Gasteiger charge is -2.13. The van der Waals surface area contributed by atoms with E-state index in [0.717, 1.165) is 25.0 Å². The van der Waals surface area contributed by atoms with Gasteiger partial charge in [-0.15, -0.1) is 11.3 Å². The van der Waals surface area contributed by atoms with Crippen molar-refractivity contribution in [3.8, 4) is 5.75 Å². The van der Waals surface area contributed by atoms with Gasteiger partial charge in [-0.2, -0.15) is 0 Å². The van der Waals surface area contributed by atoms with Gasteiger partial charge in [-0.25, -0.2) is 9.37 Å². The van der Waals surface area contributed by atoms with Gasteiger partial charge in [-0.1, -0.05) is 0 Å². The molecule has 0 aliphatic heterocycles. The summed E-state index contributed by atoms with van der Waals surface area (Å²) < 4.78 is 18.3. The molecular weight excluding hydrogens is 291 g/mol. The molecule has 1 amide bonds. The summed E-state index contributed by atoms with van der Waals surface area (Å²) >= 11 is 1.53. The van der Waals surface area contributed by atoms with Crippen molar-refractivity contribution in [3.05, 3.63) is 40.7 Å². The Hall–Kier alpha value is -1.95. The second kappa shape index (κ2) is 5.81. The molecule has 1 aromatic heterocycles. The highest BCUT2D eigenvalue weighted by atomic mass is 32.1. The third-order valence-electron chi connectivity index (χ3n) is 3.32. The number of hydrogen-bond donors (Lipinski definition) is 1. The van der Waals surface area contributed by atoms with Gasteiger partial charge in [-0.05, 0) is 50.5 Å². The molecule has 0 fully saturated rings. The van der Waals surface area contributed by atoms with E-state index in [2.05, 4.69) is 10.3 Å². The zero-order valence-corrected chi connectivity index (χ0v) is 12.4. The topological polar surface area (TPSA) is 51.2 Å². The summed E-state index contributed by atoms with van der Waals surface area (Å²) in [4.78, 5) is 17.7. The highest BCUT2D eigenvalue weighted by molar-refractivity contribution is 7.15. The summed E-state index contributed by atoms with van der Waals surface area (Å²) in [7, 11) is 0. The summed E-state index contributed by atoms with van der Waals surface area (Å²) in [6.45, 7) is 1.65. The molecule has 0 bridgehead atoms. The van der Waals surface area contributed by atoms with Gasteiger partial charge in [0.2, 0.25) is 0 Å². The minimum atomic E-state index is -0.672. The first-order valence-corrected chi connectivity index (χ1v) is 7.65. The molecule has 4 nitrogen and oxygen atoms in total. The zero-order chi connectivity index (χ0) is 14.8. The number of carbonyl (C=O) groups is 1. The molecule has 2 aromatic rings. The van der Waals surface area contributed by atoms with Crippen LogP contribution < -0.4 is 10.1 Å². The Bertz CT molecular complexity index is 633. The molecule has 0 unspecified atom stereocenters. The van der Waals surface area contributed by atoms with Crippen molar-refractivity contribution in [1.29, 1.82) is 0 Å². The molecule has 110 valence electrons. The fourth-order valence-corrected chi connectivity index (χ4v) is 3.27. The van der Waals surface area contributed by atoms with Gasteiger partial charge in [-0.3, -0.25) is 10.1 Å². The van der Waals surface area contributed by atoms with Crippen LogP contribution in [0.2, 0.25) is 0 Å². The maximum absolute atomic E-state index is 12.8. The Morgan fingerprint density at radius 1 is 1.38 bits per heavy atom. The number of anilines is 1. The number of aryl methyl sites for hydroxylation is 2. The Kier molecular flexibility index (Phi) is 3.88. The van der Waals surface area contributed by atoms with Crippen LogP contribution in [0.15, 0.2) is 24.3 Å². The van der Waals surface area contributed by atoms with E-state index in [4.69, 9.17) is 4.74 Å². The summed E-state index contributed by atoms with van der Waals surface area (Å²) in [5, 5.41) is 3.40. The van der Waals surface area contributed by atoms with Crippen molar-refractivity contribution >= 4 is 22.4 Å². The van der Waals surface area contributed by atoms with Crippen molar-refractivity contribution in [2.75, 3.05) is 5.32 Å². The first kappa shape index (κ1) is 14.0. The molecule has 6 heteroatoms. The van der Waals surface area contributed by atoms with Crippen LogP contribution in [0.3, 0.4) is 0 Å². The van der Waals surface area contributed by atoms with Gasteiger partial charge in [0.25, 0.3) is 5.91 Å². The number of carbonyl (C=O) groups excluding carboxylic acids is 1. The second-order valence-electron chi connectivity index (χ2n) is 4.95. The largest absolute Gasteiger partial charge is 0.481 e. The Morgan fingerprint density at radius 3 is 2.86 bits per heavy atom. The number of aromatic nitrogens is 1. The lowest BCUT2D eigenvalue weighted by Crippen LogP contribution is -2.30. The van der Waals surface area contributed by atoms with Gasteiger partial charge in [0.05, 0.1) is 5.69 Å². The molecule has 0 spiro atoms.